The molecule has 0 aliphatic carbocycles. The van der Waals surface area contributed by atoms with Crippen molar-refractivity contribution in [3.63, 3.8) is 0 Å². The number of nitrogens with zero attached hydrogens (tertiary/aromatic N) is 3. The zero-order valence-corrected chi connectivity index (χ0v) is 15.4. The van der Waals surface area contributed by atoms with E-state index in [0.717, 1.165) is 5.56 Å². The number of carbonyl (C=O) groups is 2. The molecule has 0 saturated carbocycles. The van der Waals surface area contributed by atoms with Crippen LogP contribution in [0.1, 0.15) is 15.9 Å². The molecule has 0 unspecified atom stereocenters. The van der Waals surface area contributed by atoms with Crippen LogP contribution in [0.15, 0.2) is 71.2 Å². The first-order chi connectivity index (χ1) is 13.2. The maximum Gasteiger partial charge on any atom is 0.321 e. The molecule has 0 radical (unpaired) electrons. The highest BCUT2D eigenvalue weighted by atomic mass is 32.1. The molecule has 136 valence electrons. The number of benzene rings is 2. The van der Waals surface area contributed by atoms with Gasteiger partial charge in [0.2, 0.25) is 0 Å². The monoisotopic (exact) mass is 378 g/mol. The minimum Gasteiger partial charge on any atom is -0.336 e. The number of carbonyl (C=O) groups excluding carboxylic acids is 2. The van der Waals surface area contributed by atoms with Gasteiger partial charge in [-0.1, -0.05) is 36.4 Å². The van der Waals surface area contributed by atoms with Crippen LogP contribution in [0.3, 0.4) is 0 Å². The molecule has 1 N–H and O–H groups in total. The van der Waals surface area contributed by atoms with Crippen LogP contribution in [0, 0.1) is 0 Å². The number of nitrogens with one attached hydrogen (secondary N) is 1. The molecule has 27 heavy (non-hydrogen) atoms. The van der Waals surface area contributed by atoms with E-state index in [1.165, 1.54) is 11.3 Å². The van der Waals surface area contributed by atoms with E-state index in [9.17, 15) is 9.59 Å². The molecule has 1 aromatic heterocycles. The molecule has 2 heterocycles. The summed E-state index contributed by atoms with van der Waals surface area (Å²) in [6.45, 7) is 1.86. The largest absolute Gasteiger partial charge is 0.336 e. The Morgan fingerprint density at radius 2 is 2.00 bits per heavy atom. The van der Waals surface area contributed by atoms with Gasteiger partial charge in [0.25, 0.3) is 5.91 Å². The third-order valence-electron chi connectivity index (χ3n) is 4.31. The Labute approximate surface area is 160 Å². The molecule has 2 aromatic carbocycles. The van der Waals surface area contributed by atoms with Gasteiger partial charge in [-0.05, 0) is 23.8 Å². The third kappa shape index (κ3) is 3.83. The van der Waals surface area contributed by atoms with E-state index < -0.39 is 0 Å². The van der Waals surface area contributed by atoms with Gasteiger partial charge in [0.15, 0.2) is 4.80 Å². The Bertz CT molecular complexity index is 1040. The van der Waals surface area contributed by atoms with Crippen LogP contribution < -0.4 is 15.0 Å². The molecule has 1 aliphatic rings. The van der Waals surface area contributed by atoms with Gasteiger partial charge in [-0.25, -0.2) is 4.79 Å². The van der Waals surface area contributed by atoms with Gasteiger partial charge in [-0.15, -0.1) is 11.3 Å². The maximum atomic E-state index is 12.7. The number of thiazole rings is 1. The van der Waals surface area contributed by atoms with Crippen molar-refractivity contribution < 1.29 is 9.59 Å². The van der Waals surface area contributed by atoms with Crippen molar-refractivity contribution in [3.8, 4) is 0 Å². The first-order valence-electron chi connectivity index (χ1n) is 8.63. The second kappa shape index (κ2) is 7.59. The smallest absolute Gasteiger partial charge is 0.321 e. The maximum absolute atomic E-state index is 12.7. The molecule has 7 heteroatoms. The second-order valence-electron chi connectivity index (χ2n) is 6.15. The molecule has 0 atom stereocenters. The van der Waals surface area contributed by atoms with Crippen molar-refractivity contribution in [2.75, 3.05) is 18.0 Å². The highest BCUT2D eigenvalue weighted by molar-refractivity contribution is 7.07. The van der Waals surface area contributed by atoms with E-state index in [4.69, 9.17) is 0 Å². The Hall–Kier alpha value is -3.19. The number of rotatable bonds is 4. The summed E-state index contributed by atoms with van der Waals surface area (Å²) in [5.74, 6) is -0.319. The van der Waals surface area contributed by atoms with Crippen molar-refractivity contribution in [1.82, 2.24) is 9.88 Å². The van der Waals surface area contributed by atoms with Crippen molar-refractivity contribution in [2.24, 2.45) is 4.99 Å². The van der Waals surface area contributed by atoms with Gasteiger partial charge in [0.05, 0.1) is 0 Å². The molecular formula is C20H18N4O2S. The topological polar surface area (TPSA) is 66.7 Å². The zero-order valence-electron chi connectivity index (χ0n) is 14.5. The van der Waals surface area contributed by atoms with E-state index >= 15 is 0 Å². The summed E-state index contributed by atoms with van der Waals surface area (Å²) in [7, 11) is 0. The molecule has 1 fully saturated rings. The van der Waals surface area contributed by atoms with E-state index in [1.807, 2.05) is 52.5 Å². The van der Waals surface area contributed by atoms with Crippen molar-refractivity contribution >= 4 is 29.0 Å². The lowest BCUT2D eigenvalue weighted by Gasteiger charge is -2.14. The van der Waals surface area contributed by atoms with Gasteiger partial charge >= 0.3 is 6.03 Å². The molecule has 1 aliphatic heterocycles. The molecule has 3 amide bonds. The fourth-order valence-electron chi connectivity index (χ4n) is 2.96. The zero-order chi connectivity index (χ0) is 18.6. The second-order valence-corrected chi connectivity index (χ2v) is 7.02. The Balaban J connectivity index is 1.59. The van der Waals surface area contributed by atoms with Crippen LogP contribution >= 0.6 is 11.3 Å². The SMILES string of the molecule is O=C(N=c1sccn1Cc1ccccc1)c1cccc(N2CCNC2=O)c1. The highest BCUT2D eigenvalue weighted by Crippen LogP contribution is 2.18. The summed E-state index contributed by atoms with van der Waals surface area (Å²) in [5.41, 5.74) is 2.31. The number of hydrogen-bond acceptors (Lipinski definition) is 3. The minimum absolute atomic E-state index is 0.143. The number of aromatic nitrogens is 1. The number of urea groups is 1. The lowest BCUT2D eigenvalue weighted by Crippen LogP contribution is -2.27. The van der Waals surface area contributed by atoms with Crippen LogP contribution in [0.5, 0.6) is 0 Å². The molecule has 0 bridgehead atoms. The Kier molecular flexibility index (Phi) is 4.84. The van der Waals surface area contributed by atoms with Crippen LogP contribution in [-0.2, 0) is 6.54 Å². The van der Waals surface area contributed by atoms with Gasteiger partial charge in [0, 0.05) is 42.5 Å². The lowest BCUT2D eigenvalue weighted by molar-refractivity contribution is 0.0997. The van der Waals surface area contributed by atoms with Crippen LogP contribution in [0.4, 0.5) is 10.5 Å². The summed E-state index contributed by atoms with van der Waals surface area (Å²) in [6, 6.07) is 16.9. The first-order valence-corrected chi connectivity index (χ1v) is 9.51. The predicted molar refractivity (Wildman–Crippen MR) is 105 cm³/mol. The van der Waals surface area contributed by atoms with Gasteiger partial charge in [-0.2, -0.15) is 4.99 Å². The average molecular weight is 378 g/mol. The summed E-state index contributed by atoms with van der Waals surface area (Å²) in [4.78, 5) is 31.1. The Morgan fingerprint density at radius 1 is 1.15 bits per heavy atom. The van der Waals surface area contributed by atoms with Gasteiger partial charge in [0.1, 0.15) is 0 Å². The van der Waals surface area contributed by atoms with Crippen molar-refractivity contribution in [1.29, 1.82) is 0 Å². The predicted octanol–water partition coefficient (Wildman–Crippen LogP) is 2.87. The van der Waals surface area contributed by atoms with Crippen LogP contribution in [0.25, 0.3) is 0 Å². The normalized spacial score (nSPS) is 14.4. The average Bonchev–Trinajstić information content (AvgIpc) is 3.31. The standard InChI is InChI=1S/C20H18N4O2S/c25-18(16-7-4-8-17(13-16)24-10-9-21-19(24)26)22-20-23(11-12-27-20)14-15-5-2-1-3-6-15/h1-8,11-13H,9-10,14H2,(H,21,26). The molecular weight excluding hydrogens is 360 g/mol. The van der Waals surface area contributed by atoms with E-state index in [1.54, 1.807) is 23.1 Å². The molecule has 4 rings (SSSR count). The molecule has 0 spiro atoms. The summed E-state index contributed by atoms with van der Waals surface area (Å²) >= 11 is 1.42. The van der Waals surface area contributed by atoms with Gasteiger partial charge in [-0.3, -0.25) is 9.69 Å². The van der Waals surface area contributed by atoms with Crippen LogP contribution in [-0.4, -0.2) is 29.6 Å². The molecule has 1 saturated heterocycles. The van der Waals surface area contributed by atoms with E-state index in [-0.39, 0.29) is 11.9 Å². The third-order valence-corrected chi connectivity index (χ3v) is 5.11. The lowest BCUT2D eigenvalue weighted by atomic mass is 10.2. The molecule has 3 aromatic rings. The first kappa shape index (κ1) is 17.2. The van der Waals surface area contributed by atoms with Crippen molar-refractivity contribution in [2.45, 2.75) is 6.54 Å². The van der Waals surface area contributed by atoms with E-state index in [0.29, 0.717) is 35.7 Å². The quantitative estimate of drug-likeness (QED) is 0.759. The number of anilines is 1. The summed E-state index contributed by atoms with van der Waals surface area (Å²) in [6.07, 6.45) is 1.93. The Morgan fingerprint density at radius 3 is 2.78 bits per heavy atom. The fourth-order valence-corrected chi connectivity index (χ4v) is 3.69. The summed E-state index contributed by atoms with van der Waals surface area (Å²) < 4.78 is 1.95. The molecule has 6 nitrogen and oxygen atoms in total. The van der Waals surface area contributed by atoms with E-state index in [2.05, 4.69) is 10.3 Å². The number of amides is 3. The fraction of sp³-hybridized carbons (Fsp3) is 0.150. The summed E-state index contributed by atoms with van der Waals surface area (Å²) in [5, 5.41) is 4.68. The van der Waals surface area contributed by atoms with Crippen molar-refractivity contribution in [3.05, 3.63) is 82.1 Å². The van der Waals surface area contributed by atoms with Crippen LogP contribution in [0.2, 0.25) is 0 Å². The minimum atomic E-state index is -0.319. The highest BCUT2D eigenvalue weighted by Gasteiger charge is 2.21. The van der Waals surface area contributed by atoms with Gasteiger partial charge < -0.3 is 9.88 Å². The number of hydrogen-bond donors (Lipinski definition) is 1.